The molecular weight excluding hydrogens is 370 g/mol. The molecule has 5 nitrogen and oxygen atoms in total. The Morgan fingerprint density at radius 3 is 2.54 bits per heavy atom. The molecule has 0 aliphatic carbocycles. The van der Waals surface area contributed by atoms with Gasteiger partial charge in [0, 0.05) is 31.6 Å². The molecule has 2 aromatic rings. The summed E-state index contributed by atoms with van der Waals surface area (Å²) in [6.07, 6.45) is 0.866. The molecule has 1 unspecified atom stereocenters. The van der Waals surface area contributed by atoms with Crippen LogP contribution in [0.5, 0.6) is 0 Å². The maximum Gasteiger partial charge on any atom is 0.320 e. The van der Waals surface area contributed by atoms with Crippen molar-refractivity contribution in [3.8, 4) is 0 Å². The molecule has 0 radical (unpaired) electrons. The van der Waals surface area contributed by atoms with Crippen LogP contribution in [0.25, 0.3) is 0 Å². The second kappa shape index (κ2) is 8.35. The summed E-state index contributed by atoms with van der Waals surface area (Å²) < 4.78 is 0. The van der Waals surface area contributed by atoms with Crippen molar-refractivity contribution in [1.82, 2.24) is 14.7 Å². The van der Waals surface area contributed by atoms with E-state index < -0.39 is 0 Å². The van der Waals surface area contributed by atoms with Gasteiger partial charge in [-0.25, -0.2) is 4.79 Å². The minimum Gasteiger partial charge on any atom is -0.331 e. The fraction of sp³-hybridized carbons (Fsp3) is 0.455. The van der Waals surface area contributed by atoms with Crippen LogP contribution in [0.3, 0.4) is 0 Å². The minimum atomic E-state index is -0.135. The minimum absolute atomic E-state index is 0.00555. The van der Waals surface area contributed by atoms with E-state index in [0.717, 1.165) is 12.0 Å². The maximum absolute atomic E-state index is 13.4. The highest BCUT2D eigenvalue weighted by Crippen LogP contribution is 2.39. The molecule has 0 N–H and O–H groups in total. The molecule has 3 amide bonds. The zero-order valence-electron chi connectivity index (χ0n) is 17.3. The zero-order chi connectivity index (χ0) is 20.4. The van der Waals surface area contributed by atoms with Gasteiger partial charge in [-0.15, -0.1) is 11.3 Å². The van der Waals surface area contributed by atoms with Gasteiger partial charge in [0.2, 0.25) is 5.91 Å². The van der Waals surface area contributed by atoms with Gasteiger partial charge in [-0.2, -0.15) is 0 Å². The number of hydrogen-bond acceptors (Lipinski definition) is 3. The SMILES string of the molecule is Cc1ccccc1C1c2ccsc2CCN1C(=O)CN(C(=O)N(C)C)C(C)C. The molecule has 0 fully saturated rings. The van der Waals surface area contributed by atoms with Crippen molar-refractivity contribution in [2.45, 2.75) is 39.3 Å². The standard InChI is InChI=1S/C22H29N3O2S/c1-15(2)25(22(27)23(4)5)14-20(26)24-12-10-19-18(11-13-28-19)21(24)17-9-7-6-8-16(17)3/h6-9,11,13,15,21H,10,12,14H2,1-5H3. The number of benzene rings is 1. The van der Waals surface area contributed by atoms with Gasteiger partial charge in [-0.05, 0) is 55.3 Å². The molecule has 6 heteroatoms. The van der Waals surface area contributed by atoms with Crippen LogP contribution in [0.4, 0.5) is 4.79 Å². The number of nitrogens with zero attached hydrogens (tertiary/aromatic N) is 3. The van der Waals surface area contributed by atoms with E-state index in [-0.39, 0.29) is 30.6 Å². The molecule has 3 rings (SSSR count). The monoisotopic (exact) mass is 399 g/mol. The van der Waals surface area contributed by atoms with Crippen molar-refractivity contribution < 1.29 is 9.59 Å². The van der Waals surface area contributed by atoms with Crippen LogP contribution >= 0.6 is 11.3 Å². The van der Waals surface area contributed by atoms with Gasteiger partial charge in [0.15, 0.2) is 0 Å². The third-order valence-electron chi connectivity index (χ3n) is 5.33. The van der Waals surface area contributed by atoms with E-state index >= 15 is 0 Å². The van der Waals surface area contributed by atoms with Crippen molar-refractivity contribution in [2.75, 3.05) is 27.2 Å². The molecule has 150 valence electrons. The molecule has 2 heterocycles. The van der Waals surface area contributed by atoms with Crippen molar-refractivity contribution in [1.29, 1.82) is 0 Å². The summed E-state index contributed by atoms with van der Waals surface area (Å²) in [6.45, 7) is 6.75. The van der Waals surface area contributed by atoms with Gasteiger partial charge in [0.05, 0.1) is 6.04 Å². The first-order valence-corrected chi connectivity index (χ1v) is 10.6. The molecule has 28 heavy (non-hydrogen) atoms. The Labute approximate surface area is 171 Å². The third kappa shape index (κ3) is 3.92. The van der Waals surface area contributed by atoms with E-state index in [9.17, 15) is 9.59 Å². The predicted octanol–water partition coefficient (Wildman–Crippen LogP) is 3.92. The topological polar surface area (TPSA) is 43.9 Å². The number of carbonyl (C=O) groups is 2. The number of aryl methyl sites for hydroxylation is 1. The van der Waals surface area contributed by atoms with Crippen molar-refractivity contribution in [3.63, 3.8) is 0 Å². The lowest BCUT2D eigenvalue weighted by Crippen LogP contribution is -2.51. The van der Waals surface area contributed by atoms with Gasteiger partial charge in [-0.1, -0.05) is 24.3 Å². The first-order chi connectivity index (χ1) is 13.3. The molecular formula is C22H29N3O2S. The smallest absolute Gasteiger partial charge is 0.320 e. The zero-order valence-corrected chi connectivity index (χ0v) is 18.1. The van der Waals surface area contributed by atoms with Gasteiger partial charge in [-0.3, -0.25) is 4.79 Å². The summed E-state index contributed by atoms with van der Waals surface area (Å²) >= 11 is 1.76. The third-order valence-corrected chi connectivity index (χ3v) is 6.32. The average molecular weight is 400 g/mol. The van der Waals surface area contributed by atoms with Crippen LogP contribution in [0, 0.1) is 6.92 Å². The quantitative estimate of drug-likeness (QED) is 0.782. The molecule has 1 aliphatic heterocycles. The lowest BCUT2D eigenvalue weighted by Gasteiger charge is -2.39. The summed E-state index contributed by atoms with van der Waals surface area (Å²) in [6, 6.07) is 10.1. The first-order valence-electron chi connectivity index (χ1n) is 9.70. The van der Waals surface area contributed by atoms with Crippen LogP contribution in [0.2, 0.25) is 0 Å². The second-order valence-corrected chi connectivity index (χ2v) is 8.79. The fourth-order valence-electron chi connectivity index (χ4n) is 3.78. The normalized spacial score (nSPS) is 16.1. The molecule has 0 saturated heterocycles. The Kier molecular flexibility index (Phi) is 6.08. The number of fused-ring (bicyclic) bond motifs is 1. The van der Waals surface area contributed by atoms with E-state index in [2.05, 4.69) is 30.5 Å². The van der Waals surface area contributed by atoms with Crippen LogP contribution in [-0.4, -0.2) is 59.9 Å². The van der Waals surface area contributed by atoms with Crippen LogP contribution in [0.1, 0.15) is 41.5 Å². The Balaban J connectivity index is 1.94. The lowest BCUT2D eigenvalue weighted by atomic mass is 9.90. The Morgan fingerprint density at radius 1 is 1.18 bits per heavy atom. The molecule has 0 saturated carbocycles. The van der Waals surface area contributed by atoms with Crippen molar-refractivity contribution >= 4 is 23.3 Å². The summed E-state index contributed by atoms with van der Waals surface area (Å²) in [5, 5.41) is 2.11. The Hall–Kier alpha value is -2.34. The molecule has 1 atom stereocenters. The van der Waals surface area contributed by atoms with Gasteiger partial charge in [0.25, 0.3) is 0 Å². The van der Waals surface area contributed by atoms with Crippen LogP contribution < -0.4 is 0 Å². The summed E-state index contributed by atoms with van der Waals surface area (Å²) in [5.41, 5.74) is 3.55. The number of rotatable bonds is 4. The predicted molar refractivity (Wildman–Crippen MR) is 114 cm³/mol. The molecule has 0 spiro atoms. The highest BCUT2D eigenvalue weighted by Gasteiger charge is 2.35. The number of amides is 3. The molecule has 1 aromatic carbocycles. The second-order valence-electron chi connectivity index (χ2n) is 7.79. The fourth-order valence-corrected chi connectivity index (χ4v) is 4.68. The summed E-state index contributed by atoms with van der Waals surface area (Å²) in [5.74, 6) is -0.00555. The molecule has 0 bridgehead atoms. The van der Waals surface area contributed by atoms with Crippen LogP contribution in [-0.2, 0) is 11.2 Å². The van der Waals surface area contributed by atoms with E-state index in [1.54, 1.807) is 30.3 Å². The van der Waals surface area contributed by atoms with Gasteiger partial charge < -0.3 is 14.7 Å². The number of thiophene rings is 1. The number of urea groups is 1. The van der Waals surface area contributed by atoms with E-state index in [4.69, 9.17) is 0 Å². The van der Waals surface area contributed by atoms with Gasteiger partial charge >= 0.3 is 6.03 Å². The van der Waals surface area contributed by atoms with Crippen LogP contribution in [0.15, 0.2) is 35.7 Å². The highest BCUT2D eigenvalue weighted by molar-refractivity contribution is 7.10. The Bertz CT molecular complexity index is 859. The van der Waals surface area contributed by atoms with Crippen molar-refractivity contribution in [2.24, 2.45) is 0 Å². The number of carbonyl (C=O) groups excluding carboxylic acids is 2. The molecule has 1 aromatic heterocycles. The average Bonchev–Trinajstić information content (AvgIpc) is 3.13. The van der Waals surface area contributed by atoms with E-state index in [0.29, 0.717) is 6.54 Å². The maximum atomic E-state index is 13.4. The van der Waals surface area contributed by atoms with Crippen molar-refractivity contribution in [3.05, 3.63) is 57.3 Å². The van der Waals surface area contributed by atoms with E-state index in [1.165, 1.54) is 20.9 Å². The van der Waals surface area contributed by atoms with E-state index in [1.807, 2.05) is 30.9 Å². The van der Waals surface area contributed by atoms with Gasteiger partial charge in [0.1, 0.15) is 6.54 Å². The summed E-state index contributed by atoms with van der Waals surface area (Å²) in [4.78, 5) is 32.4. The Morgan fingerprint density at radius 2 is 1.89 bits per heavy atom. The first kappa shape index (κ1) is 20.4. The lowest BCUT2D eigenvalue weighted by molar-refractivity contribution is -0.134. The number of hydrogen-bond donors (Lipinski definition) is 0. The highest BCUT2D eigenvalue weighted by atomic mass is 32.1. The largest absolute Gasteiger partial charge is 0.331 e. The summed E-state index contributed by atoms with van der Waals surface area (Å²) in [7, 11) is 3.44. The molecule has 1 aliphatic rings.